The first-order chi connectivity index (χ1) is 30.7. The quantitative estimate of drug-likeness (QED) is 0.134. The maximum atomic E-state index is 2.40. The molecule has 0 saturated carbocycles. The van der Waals surface area contributed by atoms with E-state index in [0.717, 1.165) is 45.3 Å². The van der Waals surface area contributed by atoms with Gasteiger partial charge in [-0.05, 0) is 92.3 Å². The van der Waals surface area contributed by atoms with Gasteiger partial charge in [-0.3, -0.25) is 0 Å². The molecule has 0 saturated heterocycles. The van der Waals surface area contributed by atoms with E-state index in [2.05, 4.69) is 265 Å². The largest absolute Gasteiger partial charge is 0.309 e. The van der Waals surface area contributed by atoms with Crippen LogP contribution in [-0.2, 0) is 0 Å². The van der Waals surface area contributed by atoms with Gasteiger partial charge in [0.15, 0.2) is 0 Å². The summed E-state index contributed by atoms with van der Waals surface area (Å²) >= 11 is 0. The Bertz CT molecular complexity index is 3220. The van der Waals surface area contributed by atoms with E-state index in [0.29, 0.717) is 0 Å². The van der Waals surface area contributed by atoms with Crippen molar-refractivity contribution in [1.29, 1.82) is 0 Å². The summed E-state index contributed by atoms with van der Waals surface area (Å²) in [6, 6.07) is 87.5. The fourth-order valence-electron chi connectivity index (χ4n) is 8.95. The molecule has 0 aliphatic rings. The first kappa shape index (κ1) is 36.8. The minimum Gasteiger partial charge on any atom is -0.309 e. The van der Waals surface area contributed by atoms with Gasteiger partial charge >= 0.3 is 0 Å². The molecule has 0 heterocycles. The molecule has 0 fully saturated rings. The number of hydrogen-bond acceptors (Lipinski definition) is 2. The Hall–Kier alpha value is -8.20. The molecule has 0 unspecified atom stereocenters. The molecule has 11 aromatic carbocycles. The molecular weight excluding hydrogens is 749 g/mol. The van der Waals surface area contributed by atoms with Crippen LogP contribution in [0.4, 0.5) is 34.1 Å². The zero-order valence-electron chi connectivity index (χ0n) is 34.1. The topological polar surface area (TPSA) is 6.48 Å². The Morgan fingerprint density at radius 2 is 0.484 bits per heavy atom. The lowest BCUT2D eigenvalue weighted by atomic mass is 10.0. The highest BCUT2D eigenvalue weighted by molar-refractivity contribution is 6.06. The van der Waals surface area contributed by atoms with Gasteiger partial charge in [0, 0.05) is 32.9 Å². The van der Waals surface area contributed by atoms with Crippen molar-refractivity contribution in [3.63, 3.8) is 0 Å². The van der Waals surface area contributed by atoms with Crippen molar-refractivity contribution in [2.24, 2.45) is 0 Å². The van der Waals surface area contributed by atoms with E-state index in [1.165, 1.54) is 54.2 Å². The molecule has 0 atom stereocenters. The molecule has 0 aromatic heterocycles. The molecule has 0 radical (unpaired) electrons. The van der Waals surface area contributed by atoms with Crippen molar-refractivity contribution < 1.29 is 0 Å². The van der Waals surface area contributed by atoms with Crippen LogP contribution in [-0.4, -0.2) is 0 Å². The Morgan fingerprint density at radius 1 is 0.226 bits per heavy atom. The molecule has 2 nitrogen and oxygen atoms in total. The van der Waals surface area contributed by atoms with Crippen LogP contribution < -0.4 is 9.80 Å². The Morgan fingerprint density at radius 3 is 0.823 bits per heavy atom. The van der Waals surface area contributed by atoms with E-state index in [9.17, 15) is 0 Å². The molecule has 11 rings (SSSR count). The van der Waals surface area contributed by atoms with Crippen LogP contribution in [0.3, 0.4) is 0 Å². The van der Waals surface area contributed by atoms with Crippen molar-refractivity contribution >= 4 is 89.4 Å². The van der Waals surface area contributed by atoms with E-state index in [1.807, 2.05) is 0 Å². The molecule has 62 heavy (non-hydrogen) atoms. The van der Waals surface area contributed by atoms with Crippen LogP contribution in [0.2, 0.25) is 0 Å². The third-order valence-corrected chi connectivity index (χ3v) is 12.0. The van der Waals surface area contributed by atoms with Crippen LogP contribution in [0, 0.1) is 0 Å². The average Bonchev–Trinajstić information content (AvgIpc) is 3.34. The molecule has 11 aromatic rings. The SMILES string of the molecule is C(=Cc1ccc(N(c2cccc3ccccc23)c2cccc3ccccc23)cc1)c1ccc(-c2ccc(N(c3cccc4ccccc34)c3cccc4ccccc34)cc2)cc1. The Balaban J connectivity index is 0.871. The highest BCUT2D eigenvalue weighted by Crippen LogP contribution is 2.44. The van der Waals surface area contributed by atoms with Gasteiger partial charge in [-0.1, -0.05) is 206 Å². The zero-order valence-corrected chi connectivity index (χ0v) is 34.1. The van der Waals surface area contributed by atoms with Gasteiger partial charge < -0.3 is 9.80 Å². The second-order valence-electron chi connectivity index (χ2n) is 15.8. The van der Waals surface area contributed by atoms with Gasteiger partial charge in [0.1, 0.15) is 0 Å². The van der Waals surface area contributed by atoms with Crippen LogP contribution in [0.25, 0.3) is 66.4 Å². The zero-order chi connectivity index (χ0) is 41.2. The van der Waals surface area contributed by atoms with E-state index in [4.69, 9.17) is 0 Å². The van der Waals surface area contributed by atoms with Gasteiger partial charge in [0.05, 0.1) is 22.7 Å². The average molecular weight is 791 g/mol. The summed E-state index contributed by atoms with van der Waals surface area (Å²) < 4.78 is 0. The standard InChI is InChI=1S/C60H42N2/c1-5-21-53-47(13-1)17-9-25-57(53)61(58-26-10-18-48-14-2-6-22-54(48)58)51-39-33-44(34-40-51)30-29-43-31-35-45(36-32-43)46-37-41-52(42-38-46)62(59-27-11-19-49-15-3-7-23-55(49)59)60-28-12-20-50-16-4-8-24-56(50)60/h1-42H. The lowest BCUT2D eigenvalue weighted by Crippen LogP contribution is -2.11. The summed E-state index contributed by atoms with van der Waals surface area (Å²) in [4.78, 5) is 4.80. The van der Waals surface area contributed by atoms with Gasteiger partial charge in [0.25, 0.3) is 0 Å². The maximum absolute atomic E-state index is 2.40. The van der Waals surface area contributed by atoms with Crippen LogP contribution in [0.15, 0.2) is 243 Å². The number of rotatable bonds is 9. The third-order valence-electron chi connectivity index (χ3n) is 12.0. The molecule has 0 N–H and O–H groups in total. The van der Waals surface area contributed by atoms with E-state index >= 15 is 0 Å². The summed E-state index contributed by atoms with van der Waals surface area (Å²) in [5.74, 6) is 0. The van der Waals surface area contributed by atoms with Gasteiger partial charge in [-0.25, -0.2) is 0 Å². The normalized spacial score (nSPS) is 11.5. The number of anilines is 6. The van der Waals surface area contributed by atoms with Crippen molar-refractivity contribution in [2.75, 3.05) is 9.80 Å². The Kier molecular flexibility index (Phi) is 9.57. The van der Waals surface area contributed by atoms with E-state index < -0.39 is 0 Å². The second-order valence-corrected chi connectivity index (χ2v) is 15.8. The monoisotopic (exact) mass is 790 g/mol. The number of nitrogens with zero attached hydrogens (tertiary/aromatic N) is 2. The summed E-state index contributed by atoms with van der Waals surface area (Å²) in [5, 5.41) is 9.75. The van der Waals surface area contributed by atoms with E-state index in [1.54, 1.807) is 0 Å². The van der Waals surface area contributed by atoms with Crippen molar-refractivity contribution in [2.45, 2.75) is 0 Å². The lowest BCUT2D eigenvalue weighted by Gasteiger charge is -2.28. The lowest BCUT2D eigenvalue weighted by molar-refractivity contribution is 1.31. The van der Waals surface area contributed by atoms with Crippen molar-refractivity contribution in [3.8, 4) is 11.1 Å². The number of benzene rings is 11. The van der Waals surface area contributed by atoms with E-state index in [-0.39, 0.29) is 0 Å². The third kappa shape index (κ3) is 6.94. The molecule has 292 valence electrons. The Labute approximate surface area is 362 Å². The second kappa shape index (κ2) is 16.1. The first-order valence-electron chi connectivity index (χ1n) is 21.3. The minimum absolute atomic E-state index is 1.11. The highest BCUT2D eigenvalue weighted by Gasteiger charge is 2.19. The fourth-order valence-corrected chi connectivity index (χ4v) is 8.95. The van der Waals surface area contributed by atoms with Crippen molar-refractivity contribution in [3.05, 3.63) is 254 Å². The van der Waals surface area contributed by atoms with Gasteiger partial charge in [0.2, 0.25) is 0 Å². The van der Waals surface area contributed by atoms with Gasteiger partial charge in [-0.2, -0.15) is 0 Å². The molecule has 0 spiro atoms. The smallest absolute Gasteiger partial charge is 0.0540 e. The molecule has 2 heteroatoms. The predicted octanol–water partition coefficient (Wildman–Crippen LogP) is 17.1. The molecule has 0 amide bonds. The molecule has 0 bridgehead atoms. The van der Waals surface area contributed by atoms with Crippen LogP contribution in [0.1, 0.15) is 11.1 Å². The van der Waals surface area contributed by atoms with Crippen LogP contribution in [0.5, 0.6) is 0 Å². The molecule has 0 aliphatic heterocycles. The molecular formula is C60H42N2. The summed E-state index contributed by atoms with van der Waals surface area (Å²) in [6.45, 7) is 0. The predicted molar refractivity (Wildman–Crippen MR) is 267 cm³/mol. The molecule has 0 aliphatic carbocycles. The fraction of sp³-hybridized carbons (Fsp3) is 0. The summed E-state index contributed by atoms with van der Waals surface area (Å²) in [5.41, 5.74) is 11.5. The number of fused-ring (bicyclic) bond motifs is 4. The van der Waals surface area contributed by atoms with Crippen molar-refractivity contribution in [1.82, 2.24) is 0 Å². The highest BCUT2D eigenvalue weighted by atomic mass is 15.2. The van der Waals surface area contributed by atoms with Gasteiger partial charge in [-0.15, -0.1) is 0 Å². The maximum Gasteiger partial charge on any atom is 0.0540 e. The summed E-state index contributed by atoms with van der Waals surface area (Å²) in [6.07, 6.45) is 4.39. The first-order valence-corrected chi connectivity index (χ1v) is 21.3. The number of hydrogen-bond donors (Lipinski definition) is 0. The minimum atomic E-state index is 1.11. The van der Waals surface area contributed by atoms with Crippen LogP contribution >= 0.6 is 0 Å². The summed E-state index contributed by atoms with van der Waals surface area (Å²) in [7, 11) is 0.